The molecule has 2 N–H and O–H groups in total. The van der Waals surface area contributed by atoms with Crippen molar-refractivity contribution in [2.24, 2.45) is 4.99 Å². The van der Waals surface area contributed by atoms with E-state index in [-0.39, 0.29) is 12.6 Å². The van der Waals surface area contributed by atoms with Crippen LogP contribution in [0.5, 0.6) is 11.5 Å². The summed E-state index contributed by atoms with van der Waals surface area (Å²) in [6.45, 7) is 4.01. The molecular weight excluding hydrogens is 375 g/mol. The molecule has 0 atom stereocenters. The number of nitrogens with zero attached hydrogens (tertiary/aromatic N) is 2. The zero-order valence-corrected chi connectivity index (χ0v) is 16.4. The van der Waals surface area contributed by atoms with Crippen LogP contribution in [0.15, 0.2) is 41.4 Å². The maximum atomic E-state index is 14.5. The molecule has 0 spiro atoms. The van der Waals surface area contributed by atoms with Gasteiger partial charge >= 0.3 is 0 Å². The molecule has 2 aliphatic heterocycles. The van der Waals surface area contributed by atoms with Crippen molar-refractivity contribution in [2.45, 2.75) is 13.1 Å². The zero-order valence-electron chi connectivity index (χ0n) is 16.4. The summed E-state index contributed by atoms with van der Waals surface area (Å²) in [6, 6.07) is 11.2. The van der Waals surface area contributed by atoms with Gasteiger partial charge < -0.3 is 29.7 Å². The van der Waals surface area contributed by atoms with Crippen LogP contribution in [0.4, 0.5) is 10.1 Å². The second-order valence-corrected chi connectivity index (χ2v) is 6.85. The van der Waals surface area contributed by atoms with Crippen LogP contribution >= 0.6 is 0 Å². The van der Waals surface area contributed by atoms with Gasteiger partial charge in [0, 0.05) is 33.2 Å². The first-order valence-corrected chi connectivity index (χ1v) is 9.67. The highest BCUT2D eigenvalue weighted by Crippen LogP contribution is 2.32. The maximum Gasteiger partial charge on any atom is 0.231 e. The van der Waals surface area contributed by atoms with Crippen molar-refractivity contribution in [3.63, 3.8) is 0 Å². The molecule has 0 aromatic heterocycles. The Kier molecular flexibility index (Phi) is 6.00. The molecule has 2 aromatic carbocycles. The van der Waals surface area contributed by atoms with E-state index < -0.39 is 0 Å². The molecule has 2 aromatic rings. The number of hydrogen-bond donors (Lipinski definition) is 2. The van der Waals surface area contributed by atoms with E-state index in [9.17, 15) is 4.39 Å². The van der Waals surface area contributed by atoms with Crippen LogP contribution < -0.4 is 25.0 Å². The lowest BCUT2D eigenvalue weighted by atomic mass is 10.1. The van der Waals surface area contributed by atoms with E-state index in [2.05, 4.69) is 15.6 Å². The standard InChI is InChI=1S/C21H25FN4O3/c1-23-21(25-13-16-3-5-19-20(11-16)29-14-28-19)24-12-15-2-4-18(17(22)10-15)26-6-8-27-9-7-26/h2-5,10-11H,6-9,12-14H2,1H3,(H2,23,24,25). The van der Waals surface area contributed by atoms with Crippen molar-refractivity contribution in [1.82, 2.24) is 10.6 Å². The Morgan fingerprint density at radius 1 is 1.00 bits per heavy atom. The lowest BCUT2D eigenvalue weighted by Crippen LogP contribution is -2.37. The summed E-state index contributed by atoms with van der Waals surface area (Å²) in [5.41, 5.74) is 2.53. The average molecular weight is 400 g/mol. The number of rotatable bonds is 5. The number of fused-ring (bicyclic) bond motifs is 1. The van der Waals surface area contributed by atoms with Gasteiger partial charge in [-0.2, -0.15) is 0 Å². The highest BCUT2D eigenvalue weighted by atomic mass is 19.1. The van der Waals surface area contributed by atoms with Crippen LogP contribution in [0.25, 0.3) is 0 Å². The fourth-order valence-corrected chi connectivity index (χ4v) is 3.36. The number of guanidine groups is 1. The fourth-order valence-electron chi connectivity index (χ4n) is 3.36. The van der Waals surface area contributed by atoms with Gasteiger partial charge in [-0.15, -0.1) is 0 Å². The molecule has 0 saturated carbocycles. The summed E-state index contributed by atoms with van der Waals surface area (Å²) >= 11 is 0. The Morgan fingerprint density at radius 2 is 1.69 bits per heavy atom. The quantitative estimate of drug-likeness (QED) is 0.593. The van der Waals surface area contributed by atoms with E-state index in [1.807, 2.05) is 35.2 Å². The molecule has 154 valence electrons. The first kappa shape index (κ1) is 19.3. The van der Waals surface area contributed by atoms with E-state index in [0.717, 1.165) is 22.6 Å². The molecule has 1 saturated heterocycles. The predicted octanol–water partition coefficient (Wildman–Crippen LogP) is 2.26. The number of hydrogen-bond acceptors (Lipinski definition) is 5. The van der Waals surface area contributed by atoms with E-state index in [0.29, 0.717) is 51.0 Å². The maximum absolute atomic E-state index is 14.5. The molecule has 0 aliphatic carbocycles. The second kappa shape index (κ2) is 9.00. The molecule has 8 heteroatoms. The topological polar surface area (TPSA) is 67.4 Å². The lowest BCUT2D eigenvalue weighted by Gasteiger charge is -2.29. The summed E-state index contributed by atoms with van der Waals surface area (Å²) in [5, 5.41) is 6.47. The average Bonchev–Trinajstić information content (AvgIpc) is 3.22. The first-order valence-electron chi connectivity index (χ1n) is 9.67. The Balaban J connectivity index is 1.30. The number of aliphatic imine (C=N–C) groups is 1. The normalized spacial score (nSPS) is 16.1. The van der Waals surface area contributed by atoms with E-state index in [1.54, 1.807) is 13.1 Å². The van der Waals surface area contributed by atoms with Crippen molar-refractivity contribution in [2.75, 3.05) is 45.0 Å². The number of morpholine rings is 1. The third-order valence-corrected chi connectivity index (χ3v) is 4.94. The summed E-state index contributed by atoms with van der Waals surface area (Å²) in [5.74, 6) is 1.94. The summed E-state index contributed by atoms with van der Waals surface area (Å²) in [7, 11) is 1.71. The molecule has 4 rings (SSSR count). The first-order chi connectivity index (χ1) is 14.2. The van der Waals surface area contributed by atoms with E-state index >= 15 is 0 Å². The van der Waals surface area contributed by atoms with Crippen LogP contribution in [-0.2, 0) is 17.8 Å². The smallest absolute Gasteiger partial charge is 0.231 e. The number of benzene rings is 2. The Hall–Kier alpha value is -3.00. The van der Waals surface area contributed by atoms with Gasteiger partial charge in [0.25, 0.3) is 0 Å². The van der Waals surface area contributed by atoms with Gasteiger partial charge in [-0.25, -0.2) is 4.39 Å². The minimum absolute atomic E-state index is 0.213. The van der Waals surface area contributed by atoms with Gasteiger partial charge in [-0.3, -0.25) is 4.99 Å². The van der Waals surface area contributed by atoms with Crippen LogP contribution in [0, 0.1) is 5.82 Å². The molecule has 1 fully saturated rings. The van der Waals surface area contributed by atoms with Crippen LogP contribution in [0.1, 0.15) is 11.1 Å². The van der Waals surface area contributed by atoms with Crippen molar-refractivity contribution in [1.29, 1.82) is 0 Å². The number of ether oxygens (including phenoxy) is 3. The SMILES string of the molecule is CN=C(NCc1ccc(N2CCOCC2)c(F)c1)NCc1ccc2c(c1)OCO2. The largest absolute Gasteiger partial charge is 0.454 e. The molecule has 0 radical (unpaired) electrons. The van der Waals surface area contributed by atoms with Gasteiger partial charge in [0.15, 0.2) is 17.5 Å². The van der Waals surface area contributed by atoms with Gasteiger partial charge in [-0.1, -0.05) is 12.1 Å². The molecule has 29 heavy (non-hydrogen) atoms. The van der Waals surface area contributed by atoms with Crippen LogP contribution in [-0.4, -0.2) is 46.1 Å². The summed E-state index contributed by atoms with van der Waals surface area (Å²) < 4.78 is 30.6. The molecule has 0 unspecified atom stereocenters. The van der Waals surface area contributed by atoms with Crippen molar-refractivity contribution >= 4 is 11.6 Å². The summed E-state index contributed by atoms with van der Waals surface area (Å²) in [4.78, 5) is 6.24. The molecule has 7 nitrogen and oxygen atoms in total. The predicted molar refractivity (Wildman–Crippen MR) is 109 cm³/mol. The molecule has 2 heterocycles. The molecule has 2 aliphatic rings. The zero-order chi connectivity index (χ0) is 20.1. The lowest BCUT2D eigenvalue weighted by molar-refractivity contribution is 0.122. The summed E-state index contributed by atoms with van der Waals surface area (Å²) in [6.07, 6.45) is 0. The van der Waals surface area contributed by atoms with Crippen molar-refractivity contribution in [3.8, 4) is 11.5 Å². The highest BCUT2D eigenvalue weighted by Gasteiger charge is 2.16. The van der Waals surface area contributed by atoms with Gasteiger partial charge in [0.2, 0.25) is 6.79 Å². The third-order valence-electron chi connectivity index (χ3n) is 4.94. The fraction of sp³-hybridized carbons (Fsp3) is 0.381. The van der Waals surface area contributed by atoms with Gasteiger partial charge in [-0.05, 0) is 35.4 Å². The van der Waals surface area contributed by atoms with E-state index in [1.165, 1.54) is 0 Å². The molecular formula is C21H25FN4O3. The van der Waals surface area contributed by atoms with Gasteiger partial charge in [0.05, 0.1) is 18.9 Å². The van der Waals surface area contributed by atoms with E-state index in [4.69, 9.17) is 14.2 Å². The molecule has 0 bridgehead atoms. The van der Waals surface area contributed by atoms with Crippen LogP contribution in [0.3, 0.4) is 0 Å². The highest BCUT2D eigenvalue weighted by molar-refractivity contribution is 5.79. The Bertz CT molecular complexity index is 884. The number of halogens is 1. The minimum Gasteiger partial charge on any atom is -0.454 e. The molecule has 0 amide bonds. The van der Waals surface area contributed by atoms with Crippen molar-refractivity contribution in [3.05, 3.63) is 53.3 Å². The Labute approximate surface area is 169 Å². The number of anilines is 1. The number of nitrogens with one attached hydrogen (secondary N) is 2. The van der Waals surface area contributed by atoms with Crippen molar-refractivity contribution < 1.29 is 18.6 Å². The van der Waals surface area contributed by atoms with Crippen LogP contribution in [0.2, 0.25) is 0 Å². The third kappa shape index (κ3) is 4.71. The minimum atomic E-state index is -0.213. The second-order valence-electron chi connectivity index (χ2n) is 6.85. The van der Waals surface area contributed by atoms with Gasteiger partial charge in [0.1, 0.15) is 5.82 Å². The monoisotopic (exact) mass is 400 g/mol. The Morgan fingerprint density at radius 3 is 2.41 bits per heavy atom.